The molecule has 1 N–H and O–H groups in total. The number of benzene rings is 3. The molecule has 0 unspecified atom stereocenters. The van der Waals surface area contributed by atoms with Crippen LogP contribution in [-0.4, -0.2) is 15.7 Å². The number of amides is 1. The molecule has 0 radical (unpaired) electrons. The number of rotatable bonds is 7. The smallest absolute Gasteiger partial charge is 0.224 e. The predicted molar refractivity (Wildman–Crippen MR) is 120 cm³/mol. The van der Waals surface area contributed by atoms with Crippen LogP contribution in [0.25, 0.3) is 11.1 Å². The van der Waals surface area contributed by atoms with E-state index >= 15 is 0 Å². The van der Waals surface area contributed by atoms with Crippen LogP contribution in [0.2, 0.25) is 0 Å². The standard InChI is InChI=1S/C26H25N3O/c1-20-7-9-21(10-8-20)17-26(30)27-18-24-5-2-3-6-25(24)23-13-11-22(12-14-23)19-29-16-4-15-28-29/h2-16H,17-19H2,1H3,(H,27,30). The van der Waals surface area contributed by atoms with E-state index in [-0.39, 0.29) is 5.91 Å². The lowest BCUT2D eigenvalue weighted by atomic mass is 9.98. The first-order valence-corrected chi connectivity index (χ1v) is 10.1. The molecule has 3 aromatic carbocycles. The summed E-state index contributed by atoms with van der Waals surface area (Å²) in [6.07, 6.45) is 4.14. The van der Waals surface area contributed by atoms with E-state index in [2.05, 4.69) is 46.8 Å². The summed E-state index contributed by atoms with van der Waals surface area (Å²) in [4.78, 5) is 12.4. The Kier molecular flexibility index (Phi) is 6.04. The van der Waals surface area contributed by atoms with Crippen LogP contribution in [0.4, 0.5) is 0 Å². The van der Waals surface area contributed by atoms with E-state index in [0.29, 0.717) is 13.0 Å². The lowest BCUT2D eigenvalue weighted by Crippen LogP contribution is -2.24. The van der Waals surface area contributed by atoms with Crippen molar-refractivity contribution in [3.8, 4) is 11.1 Å². The lowest BCUT2D eigenvalue weighted by molar-refractivity contribution is -0.120. The maximum absolute atomic E-state index is 12.4. The third kappa shape index (κ3) is 5.03. The van der Waals surface area contributed by atoms with Gasteiger partial charge in [0.15, 0.2) is 0 Å². The molecule has 0 spiro atoms. The molecular formula is C26H25N3O. The van der Waals surface area contributed by atoms with Crippen LogP contribution in [-0.2, 0) is 24.3 Å². The number of hydrogen-bond acceptors (Lipinski definition) is 2. The van der Waals surface area contributed by atoms with Gasteiger partial charge in [0, 0.05) is 18.9 Å². The Balaban J connectivity index is 1.42. The van der Waals surface area contributed by atoms with Crippen molar-refractivity contribution in [3.05, 3.63) is 114 Å². The van der Waals surface area contributed by atoms with Gasteiger partial charge in [0.2, 0.25) is 5.91 Å². The fraction of sp³-hybridized carbons (Fsp3) is 0.154. The van der Waals surface area contributed by atoms with Gasteiger partial charge in [-0.3, -0.25) is 9.48 Å². The van der Waals surface area contributed by atoms with E-state index in [1.807, 2.05) is 60.3 Å². The first-order chi connectivity index (χ1) is 14.7. The van der Waals surface area contributed by atoms with E-state index in [1.165, 1.54) is 11.1 Å². The van der Waals surface area contributed by atoms with Crippen LogP contribution >= 0.6 is 0 Å². The molecule has 4 heteroatoms. The van der Waals surface area contributed by atoms with E-state index in [4.69, 9.17) is 0 Å². The normalized spacial score (nSPS) is 10.7. The van der Waals surface area contributed by atoms with Gasteiger partial charge in [-0.05, 0) is 40.8 Å². The van der Waals surface area contributed by atoms with Crippen LogP contribution in [0.5, 0.6) is 0 Å². The maximum Gasteiger partial charge on any atom is 0.224 e. The lowest BCUT2D eigenvalue weighted by Gasteiger charge is -2.12. The summed E-state index contributed by atoms with van der Waals surface area (Å²) >= 11 is 0. The zero-order valence-electron chi connectivity index (χ0n) is 17.1. The summed E-state index contributed by atoms with van der Waals surface area (Å²) in [6.45, 7) is 3.31. The number of aromatic nitrogens is 2. The van der Waals surface area contributed by atoms with Gasteiger partial charge in [0.05, 0.1) is 13.0 Å². The summed E-state index contributed by atoms with van der Waals surface area (Å²) in [5.74, 6) is 0.0308. The monoisotopic (exact) mass is 395 g/mol. The molecule has 0 saturated carbocycles. The average molecular weight is 396 g/mol. The SMILES string of the molecule is Cc1ccc(CC(=O)NCc2ccccc2-c2ccc(Cn3cccn3)cc2)cc1. The second-order valence-electron chi connectivity index (χ2n) is 7.50. The molecule has 0 aliphatic heterocycles. The van der Waals surface area contributed by atoms with Gasteiger partial charge in [-0.2, -0.15) is 5.10 Å². The van der Waals surface area contributed by atoms with E-state index < -0.39 is 0 Å². The number of aryl methyl sites for hydroxylation is 1. The second-order valence-corrected chi connectivity index (χ2v) is 7.50. The average Bonchev–Trinajstić information content (AvgIpc) is 3.28. The molecule has 1 aromatic heterocycles. The third-order valence-corrected chi connectivity index (χ3v) is 5.15. The van der Waals surface area contributed by atoms with Gasteiger partial charge in [0.1, 0.15) is 0 Å². The summed E-state index contributed by atoms with van der Waals surface area (Å²) in [5.41, 5.74) is 6.81. The van der Waals surface area contributed by atoms with E-state index in [9.17, 15) is 4.79 Å². The second kappa shape index (κ2) is 9.23. The van der Waals surface area contributed by atoms with Gasteiger partial charge in [-0.25, -0.2) is 0 Å². The maximum atomic E-state index is 12.4. The van der Waals surface area contributed by atoms with Gasteiger partial charge >= 0.3 is 0 Å². The van der Waals surface area contributed by atoms with E-state index in [0.717, 1.165) is 28.8 Å². The van der Waals surface area contributed by atoms with Crippen molar-refractivity contribution in [2.75, 3.05) is 0 Å². The minimum absolute atomic E-state index is 0.0308. The Morgan fingerprint density at radius 2 is 1.63 bits per heavy atom. The van der Waals surface area contributed by atoms with Gasteiger partial charge in [-0.1, -0.05) is 78.4 Å². The number of carbonyl (C=O) groups excluding carboxylic acids is 1. The van der Waals surface area contributed by atoms with Crippen LogP contribution in [0.15, 0.2) is 91.3 Å². The number of hydrogen-bond donors (Lipinski definition) is 1. The molecule has 0 bridgehead atoms. The van der Waals surface area contributed by atoms with Gasteiger partial charge in [0.25, 0.3) is 0 Å². The Morgan fingerprint density at radius 1 is 0.900 bits per heavy atom. The summed E-state index contributed by atoms with van der Waals surface area (Å²) in [5, 5.41) is 7.32. The minimum Gasteiger partial charge on any atom is -0.352 e. The highest BCUT2D eigenvalue weighted by Gasteiger charge is 2.08. The summed E-state index contributed by atoms with van der Waals surface area (Å²) < 4.78 is 1.91. The van der Waals surface area contributed by atoms with Crippen molar-refractivity contribution in [1.82, 2.24) is 15.1 Å². The van der Waals surface area contributed by atoms with Crippen LogP contribution in [0, 0.1) is 6.92 Å². The molecule has 4 aromatic rings. The predicted octanol–water partition coefficient (Wildman–Crippen LogP) is 4.77. The largest absolute Gasteiger partial charge is 0.352 e. The molecular weight excluding hydrogens is 370 g/mol. The molecule has 0 atom stereocenters. The van der Waals surface area contributed by atoms with Crippen LogP contribution in [0.3, 0.4) is 0 Å². The first-order valence-electron chi connectivity index (χ1n) is 10.1. The molecule has 1 amide bonds. The van der Waals surface area contributed by atoms with Crippen molar-refractivity contribution >= 4 is 5.91 Å². The summed E-state index contributed by atoms with van der Waals surface area (Å²) in [6, 6.07) is 26.7. The number of carbonyl (C=O) groups is 1. The Hall–Kier alpha value is -3.66. The van der Waals surface area contributed by atoms with Crippen molar-refractivity contribution in [3.63, 3.8) is 0 Å². The third-order valence-electron chi connectivity index (χ3n) is 5.15. The molecule has 0 fully saturated rings. The van der Waals surface area contributed by atoms with E-state index in [1.54, 1.807) is 6.20 Å². The zero-order chi connectivity index (χ0) is 20.8. The van der Waals surface area contributed by atoms with Gasteiger partial charge in [-0.15, -0.1) is 0 Å². The van der Waals surface area contributed by atoms with Crippen LogP contribution in [0.1, 0.15) is 22.3 Å². The molecule has 30 heavy (non-hydrogen) atoms. The summed E-state index contributed by atoms with van der Waals surface area (Å²) in [7, 11) is 0. The quantitative estimate of drug-likeness (QED) is 0.490. The molecule has 0 aliphatic carbocycles. The Morgan fingerprint density at radius 3 is 2.37 bits per heavy atom. The highest BCUT2D eigenvalue weighted by Crippen LogP contribution is 2.24. The molecule has 0 aliphatic rings. The van der Waals surface area contributed by atoms with Crippen molar-refractivity contribution in [2.45, 2.75) is 26.4 Å². The minimum atomic E-state index is 0.0308. The fourth-order valence-electron chi connectivity index (χ4n) is 3.47. The van der Waals surface area contributed by atoms with Crippen LogP contribution < -0.4 is 5.32 Å². The number of nitrogens with one attached hydrogen (secondary N) is 1. The molecule has 4 rings (SSSR count). The van der Waals surface area contributed by atoms with Crippen molar-refractivity contribution in [2.24, 2.45) is 0 Å². The van der Waals surface area contributed by atoms with Gasteiger partial charge < -0.3 is 5.32 Å². The molecule has 150 valence electrons. The Bertz CT molecular complexity index is 1100. The number of nitrogens with zero attached hydrogens (tertiary/aromatic N) is 2. The molecule has 0 saturated heterocycles. The highest BCUT2D eigenvalue weighted by atomic mass is 16.1. The highest BCUT2D eigenvalue weighted by molar-refractivity contribution is 5.79. The van der Waals surface area contributed by atoms with Crippen molar-refractivity contribution in [1.29, 1.82) is 0 Å². The zero-order valence-corrected chi connectivity index (χ0v) is 17.1. The topological polar surface area (TPSA) is 46.9 Å². The first kappa shape index (κ1) is 19.6. The Labute approximate surface area is 177 Å². The molecule has 1 heterocycles. The fourth-order valence-corrected chi connectivity index (χ4v) is 3.47. The molecule has 4 nitrogen and oxygen atoms in total. The van der Waals surface area contributed by atoms with Crippen molar-refractivity contribution < 1.29 is 4.79 Å².